The zero-order valence-corrected chi connectivity index (χ0v) is 17.2. The van der Waals surface area contributed by atoms with Gasteiger partial charge in [-0.25, -0.2) is 13.8 Å². The minimum absolute atomic E-state index is 0.136. The third-order valence-corrected chi connectivity index (χ3v) is 5.76. The highest BCUT2D eigenvalue weighted by atomic mass is 19.2. The van der Waals surface area contributed by atoms with Gasteiger partial charge in [0.25, 0.3) is 0 Å². The van der Waals surface area contributed by atoms with Crippen LogP contribution >= 0.6 is 0 Å². The molecule has 6 heteroatoms. The monoisotopic (exact) mass is 412 g/mol. The highest BCUT2D eigenvalue weighted by Gasteiger charge is 2.33. The Morgan fingerprint density at radius 1 is 1.10 bits per heavy atom. The van der Waals surface area contributed by atoms with Crippen molar-refractivity contribution in [1.29, 1.82) is 0 Å². The first-order chi connectivity index (χ1) is 14.6. The van der Waals surface area contributed by atoms with Crippen LogP contribution in [0, 0.1) is 11.6 Å². The molecule has 0 saturated carbocycles. The summed E-state index contributed by atoms with van der Waals surface area (Å²) in [4.78, 5) is 19.2. The predicted octanol–water partition coefficient (Wildman–Crippen LogP) is 6.41. The SMILES string of the molecule is CCCCCCC(=O)N1CCCC1c1nc2cc(-c3ccc(F)c(F)c3)ccc2o1. The van der Waals surface area contributed by atoms with E-state index in [0.717, 1.165) is 56.7 Å². The van der Waals surface area contributed by atoms with Gasteiger partial charge in [0.2, 0.25) is 11.8 Å². The van der Waals surface area contributed by atoms with Crippen LogP contribution in [-0.2, 0) is 4.79 Å². The number of nitrogens with zero attached hydrogens (tertiary/aromatic N) is 2. The molecule has 2 heterocycles. The molecule has 0 spiro atoms. The van der Waals surface area contributed by atoms with Gasteiger partial charge in [-0.3, -0.25) is 4.79 Å². The summed E-state index contributed by atoms with van der Waals surface area (Å²) in [6.07, 6.45) is 6.64. The Balaban J connectivity index is 1.54. The van der Waals surface area contributed by atoms with Gasteiger partial charge in [0.1, 0.15) is 11.6 Å². The summed E-state index contributed by atoms with van der Waals surface area (Å²) in [5.41, 5.74) is 2.58. The lowest BCUT2D eigenvalue weighted by molar-refractivity contribution is -0.132. The molecular weight excluding hydrogens is 386 g/mol. The molecule has 158 valence electrons. The van der Waals surface area contributed by atoms with E-state index in [1.165, 1.54) is 12.1 Å². The number of rotatable bonds is 7. The van der Waals surface area contributed by atoms with E-state index in [1.54, 1.807) is 18.2 Å². The molecule has 2 aromatic carbocycles. The summed E-state index contributed by atoms with van der Waals surface area (Å²) in [6.45, 7) is 2.89. The van der Waals surface area contributed by atoms with Gasteiger partial charge in [-0.2, -0.15) is 0 Å². The van der Waals surface area contributed by atoms with E-state index < -0.39 is 11.6 Å². The van der Waals surface area contributed by atoms with Crippen molar-refractivity contribution >= 4 is 17.0 Å². The van der Waals surface area contributed by atoms with E-state index >= 15 is 0 Å². The summed E-state index contributed by atoms with van der Waals surface area (Å²) >= 11 is 0. The third-order valence-electron chi connectivity index (χ3n) is 5.76. The van der Waals surface area contributed by atoms with Crippen LogP contribution in [0.2, 0.25) is 0 Å². The number of fused-ring (bicyclic) bond motifs is 1. The highest BCUT2D eigenvalue weighted by Crippen LogP contribution is 2.35. The molecule has 0 aliphatic carbocycles. The summed E-state index contributed by atoms with van der Waals surface area (Å²) in [7, 11) is 0. The second kappa shape index (κ2) is 8.94. The fourth-order valence-corrected chi connectivity index (χ4v) is 4.11. The second-order valence-electron chi connectivity index (χ2n) is 7.92. The number of oxazole rings is 1. The molecule has 1 atom stereocenters. The Morgan fingerprint density at radius 2 is 1.90 bits per heavy atom. The van der Waals surface area contributed by atoms with Gasteiger partial charge >= 0.3 is 0 Å². The van der Waals surface area contributed by atoms with E-state index in [0.29, 0.717) is 29.0 Å². The lowest BCUT2D eigenvalue weighted by Crippen LogP contribution is -2.30. The van der Waals surface area contributed by atoms with Crippen molar-refractivity contribution in [2.24, 2.45) is 0 Å². The predicted molar refractivity (Wildman–Crippen MR) is 112 cm³/mol. The number of aromatic nitrogens is 1. The number of amides is 1. The Morgan fingerprint density at radius 3 is 2.70 bits per heavy atom. The zero-order chi connectivity index (χ0) is 21.1. The Labute approximate surface area is 174 Å². The molecule has 3 aromatic rings. The number of carbonyl (C=O) groups is 1. The minimum Gasteiger partial charge on any atom is -0.438 e. The number of benzene rings is 2. The van der Waals surface area contributed by atoms with Gasteiger partial charge in [-0.1, -0.05) is 38.3 Å². The Hall–Kier alpha value is -2.76. The van der Waals surface area contributed by atoms with Gasteiger partial charge in [0.05, 0.1) is 0 Å². The quantitative estimate of drug-likeness (QED) is 0.422. The van der Waals surface area contributed by atoms with Crippen molar-refractivity contribution in [3.63, 3.8) is 0 Å². The van der Waals surface area contributed by atoms with Crippen molar-refractivity contribution in [2.45, 2.75) is 57.9 Å². The molecule has 0 radical (unpaired) electrons. The summed E-state index contributed by atoms with van der Waals surface area (Å²) < 4.78 is 32.8. The average molecular weight is 412 g/mol. The first kappa shape index (κ1) is 20.5. The molecule has 1 aromatic heterocycles. The van der Waals surface area contributed by atoms with Crippen molar-refractivity contribution < 1.29 is 18.0 Å². The first-order valence-corrected chi connectivity index (χ1v) is 10.7. The minimum atomic E-state index is -0.882. The molecule has 1 aliphatic heterocycles. The van der Waals surface area contributed by atoms with Gasteiger partial charge < -0.3 is 9.32 Å². The molecular formula is C24H26F2N2O2. The van der Waals surface area contributed by atoms with Crippen LogP contribution in [-0.4, -0.2) is 22.3 Å². The van der Waals surface area contributed by atoms with E-state index in [2.05, 4.69) is 11.9 Å². The molecule has 1 saturated heterocycles. The van der Waals surface area contributed by atoms with Gasteiger partial charge in [0.15, 0.2) is 17.2 Å². The van der Waals surface area contributed by atoms with Crippen molar-refractivity contribution in [3.8, 4) is 11.1 Å². The average Bonchev–Trinajstić information content (AvgIpc) is 3.39. The number of hydrogen-bond donors (Lipinski definition) is 0. The fraction of sp³-hybridized carbons (Fsp3) is 0.417. The molecule has 1 aliphatic rings. The summed E-state index contributed by atoms with van der Waals surface area (Å²) in [5.74, 6) is -1.04. The Kier molecular flexibility index (Phi) is 6.11. The maximum atomic E-state index is 13.6. The number of hydrogen-bond acceptors (Lipinski definition) is 3. The van der Waals surface area contributed by atoms with Crippen LogP contribution in [0.4, 0.5) is 8.78 Å². The number of unbranched alkanes of at least 4 members (excludes halogenated alkanes) is 3. The molecule has 4 nitrogen and oxygen atoms in total. The van der Waals surface area contributed by atoms with Crippen molar-refractivity contribution in [3.05, 3.63) is 53.9 Å². The molecule has 0 N–H and O–H groups in total. The van der Waals surface area contributed by atoms with Crippen molar-refractivity contribution in [2.75, 3.05) is 6.54 Å². The number of halogens is 2. The van der Waals surface area contributed by atoms with E-state index in [9.17, 15) is 13.6 Å². The van der Waals surface area contributed by atoms with Crippen LogP contribution in [0.15, 0.2) is 40.8 Å². The molecule has 0 bridgehead atoms. The second-order valence-corrected chi connectivity index (χ2v) is 7.92. The highest BCUT2D eigenvalue weighted by molar-refractivity contribution is 5.81. The molecule has 1 amide bonds. The fourth-order valence-electron chi connectivity index (χ4n) is 4.11. The van der Waals surface area contributed by atoms with Crippen LogP contribution in [0.5, 0.6) is 0 Å². The first-order valence-electron chi connectivity index (χ1n) is 10.7. The van der Waals surface area contributed by atoms with E-state index in [4.69, 9.17) is 4.42 Å². The molecule has 1 fully saturated rings. The van der Waals surface area contributed by atoms with Gasteiger partial charge in [-0.15, -0.1) is 0 Å². The smallest absolute Gasteiger partial charge is 0.223 e. The van der Waals surface area contributed by atoms with E-state index in [-0.39, 0.29) is 11.9 Å². The Bertz CT molecular complexity index is 1050. The largest absolute Gasteiger partial charge is 0.438 e. The molecule has 4 rings (SSSR count). The lowest BCUT2D eigenvalue weighted by atomic mass is 10.1. The third kappa shape index (κ3) is 4.23. The molecule has 30 heavy (non-hydrogen) atoms. The summed E-state index contributed by atoms with van der Waals surface area (Å²) in [6, 6.07) is 9.09. The number of likely N-dealkylation sites (tertiary alicyclic amines) is 1. The van der Waals surface area contributed by atoms with Gasteiger partial charge in [0, 0.05) is 13.0 Å². The maximum Gasteiger partial charge on any atom is 0.223 e. The topological polar surface area (TPSA) is 46.3 Å². The molecule has 1 unspecified atom stereocenters. The van der Waals surface area contributed by atoms with E-state index in [1.807, 2.05) is 4.90 Å². The van der Waals surface area contributed by atoms with Gasteiger partial charge in [-0.05, 0) is 54.7 Å². The number of carbonyl (C=O) groups excluding carboxylic acids is 1. The normalized spacial score (nSPS) is 16.5. The summed E-state index contributed by atoms with van der Waals surface area (Å²) in [5, 5.41) is 0. The maximum absolute atomic E-state index is 13.6. The van der Waals surface area contributed by atoms with Crippen LogP contribution < -0.4 is 0 Å². The zero-order valence-electron chi connectivity index (χ0n) is 17.2. The van der Waals surface area contributed by atoms with Crippen LogP contribution in [0.1, 0.15) is 63.8 Å². The van der Waals surface area contributed by atoms with Crippen molar-refractivity contribution in [1.82, 2.24) is 9.88 Å². The van der Waals surface area contributed by atoms with Crippen LogP contribution in [0.3, 0.4) is 0 Å². The lowest BCUT2D eigenvalue weighted by Gasteiger charge is -2.22. The standard InChI is InChI=1S/C24H26F2N2O2/c1-2-3-4-5-8-23(29)28-13-6-7-21(28)24-27-20-15-17(10-12-22(20)30-24)16-9-11-18(25)19(26)14-16/h9-12,14-15,21H,2-8,13H2,1H3. The van der Waals surface area contributed by atoms with Crippen LogP contribution in [0.25, 0.3) is 22.2 Å².